The van der Waals surface area contributed by atoms with Crippen molar-refractivity contribution in [2.24, 2.45) is 0 Å². The normalized spacial score (nSPS) is 11.4. The second-order valence-electron chi connectivity index (χ2n) is 3.71. The van der Waals surface area contributed by atoms with Gasteiger partial charge in [0.05, 0.1) is 6.26 Å². The van der Waals surface area contributed by atoms with E-state index in [1.165, 1.54) is 6.26 Å². The zero-order valence-electron chi connectivity index (χ0n) is 10.6. The van der Waals surface area contributed by atoms with E-state index in [1.54, 1.807) is 7.05 Å². The Bertz CT molecular complexity index is 254. The number of nitrogens with one attached hydrogen (secondary N) is 2. The second-order valence-corrected chi connectivity index (χ2v) is 3.71. The van der Waals surface area contributed by atoms with Gasteiger partial charge in [-0.05, 0) is 6.42 Å². The minimum atomic E-state index is -0.479. The van der Waals surface area contributed by atoms with Crippen molar-refractivity contribution >= 4 is 11.8 Å². The van der Waals surface area contributed by atoms with Crippen LogP contribution < -0.4 is 10.6 Å². The minimum absolute atomic E-state index is 0.106. The molecule has 2 amide bonds. The number of hydrogen-bond acceptors (Lipinski definition) is 3. The van der Waals surface area contributed by atoms with Gasteiger partial charge in [0, 0.05) is 7.05 Å². The summed E-state index contributed by atoms with van der Waals surface area (Å²) in [6.07, 6.45) is 4.89. The van der Waals surface area contributed by atoms with E-state index in [0.717, 1.165) is 19.3 Å². The molecule has 0 bridgehead atoms. The van der Waals surface area contributed by atoms with Gasteiger partial charge in [-0.2, -0.15) is 0 Å². The van der Waals surface area contributed by atoms with E-state index < -0.39 is 6.04 Å². The van der Waals surface area contributed by atoms with Crippen LogP contribution >= 0.6 is 0 Å². The number of ether oxygens (including phenoxy) is 1. The molecule has 17 heavy (non-hydrogen) atoms. The molecule has 0 unspecified atom stereocenters. The number of carbonyl (C=O) groups excluding carboxylic acids is 2. The lowest BCUT2D eigenvalue weighted by atomic mass is 10.1. The van der Waals surface area contributed by atoms with Crippen LogP contribution in [0.15, 0.2) is 12.8 Å². The number of hydrogen-bond donors (Lipinski definition) is 2. The van der Waals surface area contributed by atoms with E-state index in [2.05, 4.69) is 24.1 Å². The van der Waals surface area contributed by atoms with Crippen LogP contribution in [0.4, 0.5) is 0 Å². The molecular weight excluding hydrogens is 220 g/mol. The molecule has 1 atom stereocenters. The van der Waals surface area contributed by atoms with Crippen LogP contribution in [0.3, 0.4) is 0 Å². The van der Waals surface area contributed by atoms with E-state index in [0.29, 0.717) is 6.42 Å². The van der Waals surface area contributed by atoms with Crippen LogP contribution in [0.2, 0.25) is 0 Å². The lowest BCUT2D eigenvalue weighted by Gasteiger charge is -2.16. The monoisotopic (exact) mass is 242 g/mol. The highest BCUT2D eigenvalue weighted by Gasteiger charge is 2.18. The Morgan fingerprint density at radius 2 is 2.12 bits per heavy atom. The van der Waals surface area contributed by atoms with E-state index in [1.807, 2.05) is 0 Å². The van der Waals surface area contributed by atoms with Gasteiger partial charge in [0.2, 0.25) is 5.91 Å². The van der Waals surface area contributed by atoms with Crippen molar-refractivity contribution in [1.82, 2.24) is 10.6 Å². The predicted molar refractivity (Wildman–Crippen MR) is 66.3 cm³/mol. The molecule has 0 aliphatic rings. The molecule has 0 aliphatic carbocycles. The summed E-state index contributed by atoms with van der Waals surface area (Å²) in [5.41, 5.74) is 0. The average molecular weight is 242 g/mol. The van der Waals surface area contributed by atoms with Gasteiger partial charge in [-0.15, -0.1) is 0 Å². The third-order valence-corrected chi connectivity index (χ3v) is 2.33. The maximum absolute atomic E-state index is 11.5. The number of carbonyl (C=O) groups is 2. The molecule has 5 nitrogen and oxygen atoms in total. The zero-order valence-corrected chi connectivity index (χ0v) is 10.6. The van der Waals surface area contributed by atoms with Gasteiger partial charge in [0.25, 0.3) is 5.91 Å². The molecule has 0 aromatic rings. The first-order valence-electron chi connectivity index (χ1n) is 5.89. The third-order valence-electron chi connectivity index (χ3n) is 2.33. The zero-order chi connectivity index (χ0) is 13.1. The molecule has 0 aliphatic heterocycles. The Balaban J connectivity index is 4.12. The smallest absolute Gasteiger partial charge is 0.258 e. The summed E-state index contributed by atoms with van der Waals surface area (Å²) in [6, 6.07) is -0.479. The third kappa shape index (κ3) is 7.38. The first-order chi connectivity index (χ1) is 8.15. The standard InChI is InChI=1S/C12H22N2O3/c1-4-6-7-8-10(12(16)13-3)14-11(15)9-17-5-2/h5,10H,2,4,6-9H2,1,3H3,(H,13,16)(H,14,15)/t10-/m0/s1. The summed E-state index contributed by atoms with van der Waals surface area (Å²) in [5, 5.41) is 5.18. The van der Waals surface area contributed by atoms with Crippen molar-refractivity contribution in [3.63, 3.8) is 0 Å². The molecule has 0 heterocycles. The molecule has 0 saturated carbocycles. The summed E-state index contributed by atoms with van der Waals surface area (Å²) in [4.78, 5) is 22.9. The lowest BCUT2D eigenvalue weighted by molar-refractivity contribution is -0.130. The van der Waals surface area contributed by atoms with Crippen molar-refractivity contribution in [3.8, 4) is 0 Å². The first kappa shape index (κ1) is 15.5. The predicted octanol–water partition coefficient (Wildman–Crippen LogP) is 0.958. The largest absolute Gasteiger partial charge is 0.492 e. The highest BCUT2D eigenvalue weighted by atomic mass is 16.5. The number of rotatable bonds is 9. The lowest BCUT2D eigenvalue weighted by Crippen LogP contribution is -2.46. The van der Waals surface area contributed by atoms with Crippen molar-refractivity contribution in [3.05, 3.63) is 12.8 Å². The van der Waals surface area contributed by atoms with Gasteiger partial charge in [0.15, 0.2) is 6.61 Å². The van der Waals surface area contributed by atoms with Crippen molar-refractivity contribution in [2.75, 3.05) is 13.7 Å². The van der Waals surface area contributed by atoms with Crippen molar-refractivity contribution in [2.45, 2.75) is 38.6 Å². The van der Waals surface area contributed by atoms with Gasteiger partial charge in [-0.1, -0.05) is 32.8 Å². The fourth-order valence-corrected chi connectivity index (χ4v) is 1.41. The van der Waals surface area contributed by atoms with Crippen molar-refractivity contribution < 1.29 is 14.3 Å². The molecule has 0 aromatic carbocycles. The summed E-state index contributed by atoms with van der Waals surface area (Å²) in [5.74, 6) is -0.483. The average Bonchev–Trinajstić information content (AvgIpc) is 2.34. The van der Waals surface area contributed by atoms with Crippen LogP contribution in [0.1, 0.15) is 32.6 Å². The van der Waals surface area contributed by atoms with Gasteiger partial charge >= 0.3 is 0 Å². The molecule has 0 spiro atoms. The van der Waals surface area contributed by atoms with E-state index in [4.69, 9.17) is 4.74 Å². The molecule has 2 N–H and O–H groups in total. The van der Waals surface area contributed by atoms with Crippen LogP contribution in [-0.4, -0.2) is 31.5 Å². The molecule has 0 rings (SSSR count). The second kappa shape index (κ2) is 9.69. The highest BCUT2D eigenvalue weighted by molar-refractivity contribution is 5.87. The Morgan fingerprint density at radius 1 is 1.41 bits per heavy atom. The van der Waals surface area contributed by atoms with Gasteiger partial charge in [-0.25, -0.2) is 0 Å². The maximum atomic E-state index is 11.5. The van der Waals surface area contributed by atoms with Crippen LogP contribution in [-0.2, 0) is 14.3 Å². The van der Waals surface area contributed by atoms with Crippen molar-refractivity contribution in [1.29, 1.82) is 0 Å². The molecule has 0 aromatic heterocycles. The van der Waals surface area contributed by atoms with Crippen LogP contribution in [0.25, 0.3) is 0 Å². The maximum Gasteiger partial charge on any atom is 0.258 e. The molecule has 5 heteroatoms. The number of amides is 2. The van der Waals surface area contributed by atoms with Crippen LogP contribution in [0.5, 0.6) is 0 Å². The highest BCUT2D eigenvalue weighted by Crippen LogP contribution is 2.03. The Morgan fingerprint density at radius 3 is 2.65 bits per heavy atom. The first-order valence-corrected chi connectivity index (χ1v) is 5.89. The fraction of sp³-hybridized carbons (Fsp3) is 0.667. The van der Waals surface area contributed by atoms with E-state index in [-0.39, 0.29) is 18.4 Å². The Kier molecular flexibility index (Phi) is 8.82. The minimum Gasteiger partial charge on any atom is -0.492 e. The quantitative estimate of drug-likeness (QED) is 0.467. The van der Waals surface area contributed by atoms with Gasteiger partial charge < -0.3 is 15.4 Å². The molecular formula is C12H22N2O3. The molecule has 0 radical (unpaired) electrons. The Hall–Kier alpha value is -1.52. The molecule has 98 valence electrons. The topological polar surface area (TPSA) is 67.4 Å². The number of unbranched alkanes of at least 4 members (excludes halogenated alkanes) is 2. The summed E-state index contributed by atoms with van der Waals surface area (Å²) in [7, 11) is 1.56. The van der Waals surface area contributed by atoms with Crippen LogP contribution in [0, 0.1) is 0 Å². The Labute approximate surface area is 103 Å². The molecule has 0 fully saturated rings. The summed E-state index contributed by atoms with van der Waals surface area (Å²) < 4.78 is 4.76. The molecule has 0 saturated heterocycles. The summed E-state index contributed by atoms with van der Waals surface area (Å²) >= 11 is 0. The van der Waals surface area contributed by atoms with Gasteiger partial charge in [0.1, 0.15) is 6.04 Å². The van der Waals surface area contributed by atoms with E-state index >= 15 is 0 Å². The number of likely N-dealkylation sites (N-methyl/N-ethyl adjacent to an activating group) is 1. The van der Waals surface area contributed by atoms with E-state index in [9.17, 15) is 9.59 Å². The summed E-state index contributed by atoms with van der Waals surface area (Å²) in [6.45, 7) is 5.32. The van der Waals surface area contributed by atoms with Gasteiger partial charge in [-0.3, -0.25) is 9.59 Å². The SMILES string of the molecule is C=COCC(=O)N[C@@H](CCCCC)C(=O)NC. The fourth-order valence-electron chi connectivity index (χ4n) is 1.41.